The molecule has 1 atom stereocenters. The van der Waals surface area contributed by atoms with E-state index in [1.54, 1.807) is 24.1 Å². The first-order valence-electron chi connectivity index (χ1n) is 10.4. The SMILES string of the molecule is COc1cccc(C2c3cccn3CCN2C(=O)CN(C(=O)c2ccco2)C(C)C)c1. The van der Waals surface area contributed by atoms with Gasteiger partial charge in [0.15, 0.2) is 5.76 Å². The Morgan fingerprint density at radius 1 is 1.16 bits per heavy atom. The van der Waals surface area contributed by atoms with E-state index in [1.165, 1.54) is 6.26 Å². The smallest absolute Gasteiger partial charge is 0.290 e. The summed E-state index contributed by atoms with van der Waals surface area (Å²) in [5.41, 5.74) is 2.02. The van der Waals surface area contributed by atoms with Crippen LogP contribution in [0, 0.1) is 0 Å². The van der Waals surface area contributed by atoms with Crippen LogP contribution in [0.1, 0.15) is 41.7 Å². The summed E-state index contributed by atoms with van der Waals surface area (Å²) in [4.78, 5) is 29.8. The summed E-state index contributed by atoms with van der Waals surface area (Å²) < 4.78 is 12.8. The van der Waals surface area contributed by atoms with E-state index in [0.717, 1.165) is 17.0 Å². The fourth-order valence-corrected chi connectivity index (χ4v) is 4.08. The maximum Gasteiger partial charge on any atom is 0.290 e. The molecule has 31 heavy (non-hydrogen) atoms. The van der Waals surface area contributed by atoms with Gasteiger partial charge in [0.2, 0.25) is 5.91 Å². The van der Waals surface area contributed by atoms with Crippen LogP contribution in [0.3, 0.4) is 0 Å². The summed E-state index contributed by atoms with van der Waals surface area (Å²) in [6.45, 7) is 5.05. The summed E-state index contributed by atoms with van der Waals surface area (Å²) in [5.74, 6) is 0.587. The fraction of sp³-hybridized carbons (Fsp3) is 0.333. The van der Waals surface area contributed by atoms with Gasteiger partial charge in [-0.25, -0.2) is 0 Å². The standard InChI is InChI=1S/C24H27N3O4/c1-17(2)27(24(29)21-10-6-14-31-21)16-22(28)26-13-12-25-11-5-9-20(25)23(26)18-7-4-8-19(15-18)30-3/h4-11,14-15,17,23H,12-13,16H2,1-3H3. The predicted octanol–water partition coefficient (Wildman–Crippen LogP) is 3.57. The lowest BCUT2D eigenvalue weighted by atomic mass is 9.99. The van der Waals surface area contributed by atoms with Gasteiger partial charge < -0.3 is 23.5 Å². The quantitative estimate of drug-likeness (QED) is 0.610. The first kappa shape index (κ1) is 20.8. The Kier molecular flexibility index (Phi) is 5.84. The molecule has 0 fully saturated rings. The highest BCUT2D eigenvalue weighted by molar-refractivity contribution is 5.94. The number of fused-ring (bicyclic) bond motifs is 1. The van der Waals surface area contributed by atoms with Crippen molar-refractivity contribution >= 4 is 11.8 Å². The summed E-state index contributed by atoms with van der Waals surface area (Å²) in [6, 6.07) is 14.7. The molecule has 0 spiro atoms. The van der Waals surface area contributed by atoms with Crippen LogP contribution in [0.5, 0.6) is 5.75 Å². The number of aromatic nitrogens is 1. The first-order valence-corrected chi connectivity index (χ1v) is 10.4. The lowest BCUT2D eigenvalue weighted by molar-refractivity contribution is -0.135. The Morgan fingerprint density at radius 3 is 2.71 bits per heavy atom. The van der Waals surface area contributed by atoms with Crippen molar-refractivity contribution in [2.45, 2.75) is 32.5 Å². The Morgan fingerprint density at radius 2 is 2.00 bits per heavy atom. The van der Waals surface area contributed by atoms with Crippen LogP contribution >= 0.6 is 0 Å². The summed E-state index contributed by atoms with van der Waals surface area (Å²) in [5, 5.41) is 0. The molecule has 0 radical (unpaired) electrons. The number of rotatable bonds is 6. The highest BCUT2D eigenvalue weighted by Gasteiger charge is 2.34. The lowest BCUT2D eigenvalue weighted by Crippen LogP contribution is -2.49. The van der Waals surface area contributed by atoms with Crippen LogP contribution in [-0.2, 0) is 11.3 Å². The Balaban J connectivity index is 1.64. The number of nitrogens with zero attached hydrogens (tertiary/aromatic N) is 3. The molecule has 7 nitrogen and oxygen atoms in total. The minimum Gasteiger partial charge on any atom is -0.497 e. The zero-order valence-corrected chi connectivity index (χ0v) is 18.0. The van der Waals surface area contributed by atoms with E-state index in [0.29, 0.717) is 13.1 Å². The molecule has 1 aliphatic heterocycles. The molecular weight excluding hydrogens is 394 g/mol. The third kappa shape index (κ3) is 4.08. The van der Waals surface area contributed by atoms with Gasteiger partial charge in [-0.1, -0.05) is 12.1 Å². The summed E-state index contributed by atoms with van der Waals surface area (Å²) >= 11 is 0. The monoisotopic (exact) mass is 421 g/mol. The van der Waals surface area contributed by atoms with Crippen molar-refractivity contribution in [3.63, 3.8) is 0 Å². The number of methoxy groups -OCH3 is 1. The molecule has 0 saturated carbocycles. The van der Waals surface area contributed by atoms with Gasteiger partial charge in [0.1, 0.15) is 12.3 Å². The van der Waals surface area contributed by atoms with Crippen molar-refractivity contribution in [3.8, 4) is 5.75 Å². The van der Waals surface area contributed by atoms with E-state index in [-0.39, 0.29) is 36.2 Å². The molecular formula is C24H27N3O4. The highest BCUT2D eigenvalue weighted by Crippen LogP contribution is 2.34. The van der Waals surface area contributed by atoms with Crippen molar-refractivity contribution in [3.05, 3.63) is 78.0 Å². The third-order valence-electron chi connectivity index (χ3n) is 5.69. The van der Waals surface area contributed by atoms with E-state index in [2.05, 4.69) is 4.57 Å². The molecule has 0 N–H and O–H groups in total. The van der Waals surface area contributed by atoms with Crippen molar-refractivity contribution in [1.29, 1.82) is 0 Å². The average molecular weight is 421 g/mol. The lowest BCUT2D eigenvalue weighted by Gasteiger charge is -2.39. The van der Waals surface area contributed by atoms with Gasteiger partial charge in [0.05, 0.1) is 19.4 Å². The molecule has 3 heterocycles. The number of hydrogen-bond donors (Lipinski definition) is 0. The maximum atomic E-state index is 13.5. The first-order chi connectivity index (χ1) is 15.0. The van der Waals surface area contributed by atoms with Crippen molar-refractivity contribution < 1.29 is 18.7 Å². The molecule has 1 aliphatic rings. The van der Waals surface area contributed by atoms with E-state index >= 15 is 0 Å². The molecule has 0 saturated heterocycles. The molecule has 0 bridgehead atoms. The maximum absolute atomic E-state index is 13.5. The van der Waals surface area contributed by atoms with Gasteiger partial charge in [-0.3, -0.25) is 9.59 Å². The minimum atomic E-state index is -0.285. The minimum absolute atomic E-state index is 0.0155. The van der Waals surface area contributed by atoms with E-state index < -0.39 is 0 Å². The fourth-order valence-electron chi connectivity index (χ4n) is 4.08. The van der Waals surface area contributed by atoms with Crippen LogP contribution in [0.2, 0.25) is 0 Å². The number of amides is 2. The van der Waals surface area contributed by atoms with Crippen molar-refractivity contribution in [2.24, 2.45) is 0 Å². The number of hydrogen-bond acceptors (Lipinski definition) is 4. The molecule has 2 amide bonds. The molecule has 4 rings (SSSR count). The largest absolute Gasteiger partial charge is 0.497 e. The molecule has 3 aromatic rings. The normalized spacial score (nSPS) is 15.6. The van der Waals surface area contributed by atoms with E-state index in [1.807, 2.05) is 61.3 Å². The van der Waals surface area contributed by atoms with Gasteiger partial charge in [-0.15, -0.1) is 0 Å². The van der Waals surface area contributed by atoms with Crippen molar-refractivity contribution in [1.82, 2.24) is 14.4 Å². The summed E-state index contributed by atoms with van der Waals surface area (Å²) in [7, 11) is 1.63. The summed E-state index contributed by atoms with van der Waals surface area (Å²) in [6.07, 6.45) is 3.50. The zero-order chi connectivity index (χ0) is 22.0. The number of carbonyl (C=O) groups excluding carboxylic acids is 2. The molecule has 2 aromatic heterocycles. The zero-order valence-electron chi connectivity index (χ0n) is 18.0. The predicted molar refractivity (Wildman–Crippen MR) is 116 cm³/mol. The second-order valence-corrected chi connectivity index (χ2v) is 7.90. The van der Waals surface area contributed by atoms with Crippen LogP contribution in [-0.4, -0.2) is 52.4 Å². The van der Waals surface area contributed by atoms with Crippen molar-refractivity contribution in [2.75, 3.05) is 20.2 Å². The van der Waals surface area contributed by atoms with Gasteiger partial charge in [0, 0.05) is 31.0 Å². The molecule has 7 heteroatoms. The Bertz CT molecular complexity index is 1050. The Hall–Kier alpha value is -3.48. The molecule has 1 unspecified atom stereocenters. The van der Waals surface area contributed by atoms with Gasteiger partial charge >= 0.3 is 0 Å². The Labute approximate surface area is 181 Å². The van der Waals surface area contributed by atoms with Gasteiger partial charge in [-0.2, -0.15) is 0 Å². The van der Waals surface area contributed by atoms with Crippen LogP contribution in [0.25, 0.3) is 0 Å². The molecule has 1 aromatic carbocycles. The number of benzene rings is 1. The third-order valence-corrected chi connectivity index (χ3v) is 5.69. The second-order valence-electron chi connectivity index (χ2n) is 7.90. The second kappa shape index (κ2) is 8.71. The number of furan rings is 1. The van der Waals surface area contributed by atoms with Crippen LogP contribution in [0.15, 0.2) is 65.4 Å². The van der Waals surface area contributed by atoms with E-state index in [9.17, 15) is 9.59 Å². The average Bonchev–Trinajstić information content (AvgIpc) is 3.48. The number of carbonyl (C=O) groups is 2. The highest BCUT2D eigenvalue weighted by atomic mass is 16.5. The topological polar surface area (TPSA) is 67.9 Å². The molecule has 0 aliphatic carbocycles. The van der Waals surface area contributed by atoms with Gasteiger partial charge in [0.25, 0.3) is 5.91 Å². The van der Waals surface area contributed by atoms with Crippen LogP contribution < -0.4 is 4.74 Å². The van der Waals surface area contributed by atoms with Crippen LogP contribution in [0.4, 0.5) is 0 Å². The molecule has 162 valence electrons. The van der Waals surface area contributed by atoms with E-state index in [4.69, 9.17) is 9.15 Å². The number of ether oxygens (including phenoxy) is 1. The van der Waals surface area contributed by atoms with Gasteiger partial charge in [-0.05, 0) is 55.8 Å².